The Labute approximate surface area is 160 Å². The van der Waals surface area contributed by atoms with Crippen molar-refractivity contribution in [2.75, 3.05) is 10.6 Å². The second-order valence-electron chi connectivity index (χ2n) is 6.63. The van der Waals surface area contributed by atoms with E-state index in [1.807, 2.05) is 38.1 Å². The summed E-state index contributed by atoms with van der Waals surface area (Å²) in [5.74, 6) is 0. The smallest absolute Gasteiger partial charge is 0.319 e. The Morgan fingerprint density at radius 3 is 2.15 bits per heavy atom. The molecule has 0 radical (unpaired) electrons. The van der Waals surface area contributed by atoms with Crippen LogP contribution in [0.5, 0.6) is 0 Å². The lowest BCUT2D eigenvalue weighted by Gasteiger charge is -2.13. The van der Waals surface area contributed by atoms with Crippen molar-refractivity contribution >= 4 is 34.7 Å². The van der Waals surface area contributed by atoms with Crippen molar-refractivity contribution in [3.05, 3.63) is 59.2 Å². The second-order valence-corrected chi connectivity index (χ2v) is 7.04. The monoisotopic (exact) mass is 370 g/mol. The average Bonchev–Trinajstić information content (AvgIpc) is 2.52. The largest absolute Gasteiger partial charge is 0.358 e. The minimum Gasteiger partial charge on any atom is -0.358 e. The Bertz CT molecular complexity index is 752. The maximum atomic E-state index is 11.7. The molecule has 4 N–H and O–H groups in total. The van der Waals surface area contributed by atoms with E-state index < -0.39 is 0 Å². The number of anilines is 2. The molecule has 0 heterocycles. The molecule has 6 heteroatoms. The molecule has 0 saturated carbocycles. The molecule has 2 amide bonds. The number of thiocarbonyl (C=S) groups is 1. The van der Waals surface area contributed by atoms with E-state index >= 15 is 0 Å². The third kappa shape index (κ3) is 6.72. The first kappa shape index (κ1) is 19.7. The van der Waals surface area contributed by atoms with Crippen LogP contribution in [0.25, 0.3) is 0 Å². The molecule has 2 rings (SSSR count). The van der Waals surface area contributed by atoms with E-state index in [-0.39, 0.29) is 12.1 Å². The zero-order chi connectivity index (χ0) is 19.1. The van der Waals surface area contributed by atoms with Gasteiger partial charge in [-0.05, 0) is 80.9 Å². The number of hydrogen-bond acceptors (Lipinski definition) is 2. The molecule has 0 unspecified atom stereocenters. The molecular weight excluding hydrogens is 344 g/mol. The third-order valence-corrected chi connectivity index (χ3v) is 3.81. The molecular formula is C20H26N4OS. The van der Waals surface area contributed by atoms with Crippen molar-refractivity contribution < 1.29 is 4.79 Å². The predicted octanol–water partition coefficient (Wildman–Crippen LogP) is 4.32. The number of carbonyl (C=O) groups is 1. The Kier molecular flexibility index (Phi) is 6.97. The summed E-state index contributed by atoms with van der Waals surface area (Å²) in [6.07, 6.45) is 0. The van der Waals surface area contributed by atoms with Gasteiger partial charge in [-0.15, -0.1) is 0 Å². The molecule has 0 aliphatic carbocycles. The quantitative estimate of drug-likeness (QED) is 0.592. The maximum Gasteiger partial charge on any atom is 0.319 e. The Morgan fingerprint density at radius 1 is 0.962 bits per heavy atom. The summed E-state index contributed by atoms with van der Waals surface area (Å²) in [6, 6.07) is 13.8. The number of rotatable bonds is 5. The van der Waals surface area contributed by atoms with Crippen LogP contribution < -0.4 is 21.3 Å². The molecule has 0 fully saturated rings. The SMILES string of the molecule is Cc1cc(C)cc(NC(=S)NCc2ccc(NC(=O)NC(C)C)cc2)c1. The molecule has 0 atom stereocenters. The normalized spacial score (nSPS) is 10.3. The number of hydrogen-bond donors (Lipinski definition) is 4. The van der Waals surface area contributed by atoms with Gasteiger partial charge in [0.15, 0.2) is 5.11 Å². The molecule has 0 aromatic heterocycles. The van der Waals surface area contributed by atoms with Gasteiger partial charge >= 0.3 is 6.03 Å². The lowest BCUT2D eigenvalue weighted by atomic mass is 10.1. The zero-order valence-corrected chi connectivity index (χ0v) is 16.5. The highest BCUT2D eigenvalue weighted by Gasteiger charge is 2.04. The van der Waals surface area contributed by atoms with Crippen LogP contribution >= 0.6 is 12.2 Å². The van der Waals surface area contributed by atoms with E-state index in [4.69, 9.17) is 12.2 Å². The number of benzene rings is 2. The number of aryl methyl sites for hydroxylation is 2. The molecule has 0 bridgehead atoms. The van der Waals surface area contributed by atoms with Gasteiger partial charge in [-0.3, -0.25) is 0 Å². The number of carbonyl (C=O) groups excluding carboxylic acids is 1. The van der Waals surface area contributed by atoms with Gasteiger partial charge in [0.25, 0.3) is 0 Å². The van der Waals surface area contributed by atoms with Gasteiger partial charge in [-0.1, -0.05) is 18.2 Å². The van der Waals surface area contributed by atoms with Gasteiger partial charge in [-0.25, -0.2) is 4.79 Å². The predicted molar refractivity (Wildman–Crippen MR) is 113 cm³/mol. The minimum atomic E-state index is -0.204. The molecule has 0 saturated heterocycles. The summed E-state index contributed by atoms with van der Waals surface area (Å²) < 4.78 is 0. The summed E-state index contributed by atoms with van der Waals surface area (Å²) in [4.78, 5) is 11.7. The van der Waals surface area contributed by atoms with Gasteiger partial charge < -0.3 is 21.3 Å². The zero-order valence-electron chi connectivity index (χ0n) is 15.6. The first-order valence-corrected chi connectivity index (χ1v) is 9.02. The van der Waals surface area contributed by atoms with Crippen LogP contribution in [0.4, 0.5) is 16.2 Å². The Balaban J connectivity index is 1.83. The van der Waals surface area contributed by atoms with Crippen LogP contribution in [0.15, 0.2) is 42.5 Å². The summed E-state index contributed by atoms with van der Waals surface area (Å²) in [5, 5.41) is 12.6. The number of urea groups is 1. The second kappa shape index (κ2) is 9.20. The molecule has 5 nitrogen and oxygen atoms in total. The summed E-state index contributed by atoms with van der Waals surface area (Å²) in [7, 11) is 0. The fourth-order valence-corrected chi connectivity index (χ4v) is 2.73. The first-order chi connectivity index (χ1) is 12.3. The summed E-state index contributed by atoms with van der Waals surface area (Å²) in [6.45, 7) is 8.57. The van der Waals surface area contributed by atoms with Crippen molar-refractivity contribution in [3.63, 3.8) is 0 Å². The Morgan fingerprint density at radius 2 is 1.58 bits per heavy atom. The number of amides is 2. The van der Waals surface area contributed by atoms with Gasteiger partial charge in [0.2, 0.25) is 0 Å². The van der Waals surface area contributed by atoms with Gasteiger partial charge in [0.05, 0.1) is 0 Å². The molecule has 0 spiro atoms. The number of nitrogens with one attached hydrogen (secondary N) is 4. The van der Waals surface area contributed by atoms with Crippen molar-refractivity contribution in [1.29, 1.82) is 0 Å². The van der Waals surface area contributed by atoms with Crippen molar-refractivity contribution in [2.45, 2.75) is 40.3 Å². The van der Waals surface area contributed by atoms with Gasteiger partial charge in [0.1, 0.15) is 0 Å². The summed E-state index contributed by atoms with van der Waals surface area (Å²) >= 11 is 5.36. The van der Waals surface area contributed by atoms with Crippen LogP contribution in [-0.4, -0.2) is 17.2 Å². The highest BCUT2D eigenvalue weighted by atomic mass is 32.1. The molecule has 2 aromatic carbocycles. The highest BCUT2D eigenvalue weighted by Crippen LogP contribution is 2.14. The highest BCUT2D eigenvalue weighted by molar-refractivity contribution is 7.80. The third-order valence-electron chi connectivity index (χ3n) is 3.56. The molecule has 2 aromatic rings. The van der Waals surface area contributed by atoms with Crippen molar-refractivity contribution in [1.82, 2.24) is 10.6 Å². The standard InChI is InChI=1S/C20H26N4OS/c1-13(2)22-19(25)23-17-7-5-16(6-8-17)12-21-20(26)24-18-10-14(3)9-15(4)11-18/h5-11,13H,12H2,1-4H3,(H2,21,24,26)(H2,22,23,25). The molecule has 138 valence electrons. The lowest BCUT2D eigenvalue weighted by molar-refractivity contribution is 0.250. The van der Waals surface area contributed by atoms with Crippen LogP contribution in [0.1, 0.15) is 30.5 Å². The summed E-state index contributed by atoms with van der Waals surface area (Å²) in [5.41, 5.74) is 5.20. The van der Waals surface area contributed by atoms with E-state index in [0.717, 1.165) is 16.9 Å². The van der Waals surface area contributed by atoms with Crippen LogP contribution in [0.3, 0.4) is 0 Å². The molecule has 0 aliphatic rings. The topological polar surface area (TPSA) is 65.2 Å². The lowest BCUT2D eigenvalue weighted by Crippen LogP contribution is -2.34. The van der Waals surface area contributed by atoms with Crippen LogP contribution in [0.2, 0.25) is 0 Å². The molecule has 26 heavy (non-hydrogen) atoms. The fourth-order valence-electron chi connectivity index (χ4n) is 2.54. The van der Waals surface area contributed by atoms with E-state index in [0.29, 0.717) is 11.7 Å². The van der Waals surface area contributed by atoms with E-state index in [1.165, 1.54) is 11.1 Å². The van der Waals surface area contributed by atoms with Crippen molar-refractivity contribution in [3.8, 4) is 0 Å². The van der Waals surface area contributed by atoms with E-state index in [9.17, 15) is 4.79 Å². The van der Waals surface area contributed by atoms with Gasteiger partial charge in [0, 0.05) is 24.0 Å². The average molecular weight is 371 g/mol. The van der Waals surface area contributed by atoms with Crippen LogP contribution in [-0.2, 0) is 6.54 Å². The van der Waals surface area contributed by atoms with Crippen molar-refractivity contribution in [2.24, 2.45) is 0 Å². The maximum absolute atomic E-state index is 11.7. The minimum absolute atomic E-state index is 0.101. The first-order valence-electron chi connectivity index (χ1n) is 8.61. The van der Waals surface area contributed by atoms with Gasteiger partial charge in [-0.2, -0.15) is 0 Å². The van der Waals surface area contributed by atoms with E-state index in [2.05, 4.69) is 53.3 Å². The molecule has 0 aliphatic heterocycles. The fraction of sp³-hybridized carbons (Fsp3) is 0.300. The van der Waals surface area contributed by atoms with E-state index in [1.54, 1.807) is 0 Å². The Hall–Kier alpha value is -2.60. The van der Waals surface area contributed by atoms with Crippen LogP contribution in [0, 0.1) is 13.8 Å².